The van der Waals surface area contributed by atoms with Crippen LogP contribution in [-0.4, -0.2) is 40.1 Å². The van der Waals surface area contributed by atoms with Gasteiger partial charge in [-0.05, 0) is 68.7 Å². The molecule has 1 fully saturated rings. The number of likely N-dealkylation sites (tertiary alicyclic amines) is 1. The monoisotopic (exact) mass is 402 g/mol. The van der Waals surface area contributed by atoms with E-state index in [1.807, 2.05) is 18.6 Å². The van der Waals surface area contributed by atoms with Crippen molar-refractivity contribution in [3.63, 3.8) is 0 Å². The van der Waals surface area contributed by atoms with Gasteiger partial charge in [-0.1, -0.05) is 11.8 Å². The van der Waals surface area contributed by atoms with Crippen LogP contribution in [0.15, 0.2) is 35.7 Å². The van der Waals surface area contributed by atoms with Crippen LogP contribution in [0.1, 0.15) is 36.8 Å². The first-order chi connectivity index (χ1) is 13.5. The van der Waals surface area contributed by atoms with E-state index < -0.39 is 0 Å². The second kappa shape index (κ2) is 9.98. The predicted octanol–water partition coefficient (Wildman–Crippen LogP) is 4.28. The molecule has 5 nitrogen and oxygen atoms in total. The molecule has 0 unspecified atom stereocenters. The first kappa shape index (κ1) is 20.7. The predicted molar refractivity (Wildman–Crippen MR) is 111 cm³/mol. The first-order valence-electron chi connectivity index (χ1n) is 9.67. The standard InChI is InChI=1S/C21H27FN4OS/c1-15-10-18(22)6-7-19(15)25-20(27)8-5-16-4-3-9-26(13-16)14-17-11-23-21(28-2)24-12-17/h6-7,10-12,16H,3-5,8-9,13-14H2,1-2H3,(H,25,27)/t16-/m1/s1. The molecule has 1 saturated heterocycles. The van der Waals surface area contributed by atoms with Crippen LogP contribution >= 0.6 is 11.8 Å². The topological polar surface area (TPSA) is 58.1 Å². The summed E-state index contributed by atoms with van der Waals surface area (Å²) in [6.45, 7) is 4.72. The van der Waals surface area contributed by atoms with Gasteiger partial charge >= 0.3 is 0 Å². The van der Waals surface area contributed by atoms with Crippen molar-refractivity contribution in [3.8, 4) is 0 Å². The molecule has 2 aromatic rings. The maximum absolute atomic E-state index is 13.2. The third kappa shape index (κ3) is 6.01. The van der Waals surface area contributed by atoms with Crippen LogP contribution in [0.3, 0.4) is 0 Å². The minimum atomic E-state index is -0.286. The Labute approximate surface area is 170 Å². The molecule has 3 rings (SSSR count). The number of halogens is 1. The normalized spacial score (nSPS) is 17.5. The quantitative estimate of drug-likeness (QED) is 0.553. The Morgan fingerprint density at radius 1 is 1.36 bits per heavy atom. The van der Waals surface area contributed by atoms with E-state index in [0.29, 0.717) is 18.0 Å². The zero-order chi connectivity index (χ0) is 19.9. The summed E-state index contributed by atoms with van der Waals surface area (Å²) in [7, 11) is 0. The van der Waals surface area contributed by atoms with Gasteiger partial charge in [0.2, 0.25) is 5.91 Å². The lowest BCUT2D eigenvalue weighted by molar-refractivity contribution is -0.116. The molecule has 7 heteroatoms. The van der Waals surface area contributed by atoms with Crippen LogP contribution in [0.4, 0.5) is 10.1 Å². The molecule has 1 aliphatic rings. The molecular formula is C21H27FN4OS. The minimum absolute atomic E-state index is 0.00659. The number of nitrogens with zero attached hydrogens (tertiary/aromatic N) is 3. The van der Waals surface area contributed by atoms with Crippen molar-refractivity contribution in [1.82, 2.24) is 14.9 Å². The lowest BCUT2D eigenvalue weighted by atomic mass is 9.93. The number of carbonyl (C=O) groups is 1. The summed E-state index contributed by atoms with van der Waals surface area (Å²) >= 11 is 1.54. The third-order valence-corrected chi connectivity index (χ3v) is 5.69. The van der Waals surface area contributed by atoms with Gasteiger partial charge in [0.05, 0.1) is 0 Å². The highest BCUT2D eigenvalue weighted by molar-refractivity contribution is 7.98. The number of rotatable bonds is 7. The molecular weight excluding hydrogens is 375 g/mol. The van der Waals surface area contributed by atoms with Crippen molar-refractivity contribution in [2.75, 3.05) is 24.7 Å². The molecule has 0 radical (unpaired) electrons. The number of aromatic nitrogens is 2. The molecule has 0 spiro atoms. The molecule has 0 aliphatic carbocycles. The van der Waals surface area contributed by atoms with Crippen molar-refractivity contribution in [3.05, 3.63) is 47.5 Å². The smallest absolute Gasteiger partial charge is 0.224 e. The summed E-state index contributed by atoms with van der Waals surface area (Å²) in [5.74, 6) is 0.222. The number of nitrogens with one attached hydrogen (secondary N) is 1. The molecule has 150 valence electrons. The number of piperidine rings is 1. The number of aryl methyl sites for hydroxylation is 1. The third-order valence-electron chi connectivity index (χ3n) is 5.12. The summed E-state index contributed by atoms with van der Waals surface area (Å²) in [6, 6.07) is 4.43. The first-order valence-corrected chi connectivity index (χ1v) is 10.9. The lowest BCUT2D eigenvalue weighted by Crippen LogP contribution is -2.35. The molecule has 1 aromatic heterocycles. The largest absolute Gasteiger partial charge is 0.326 e. The summed E-state index contributed by atoms with van der Waals surface area (Å²) < 4.78 is 13.2. The molecule has 28 heavy (non-hydrogen) atoms. The van der Waals surface area contributed by atoms with E-state index in [4.69, 9.17) is 0 Å². The lowest BCUT2D eigenvalue weighted by Gasteiger charge is -2.32. The van der Waals surface area contributed by atoms with Gasteiger partial charge in [-0.15, -0.1) is 0 Å². The number of anilines is 1. The minimum Gasteiger partial charge on any atom is -0.326 e. The average molecular weight is 403 g/mol. The van der Waals surface area contributed by atoms with E-state index in [-0.39, 0.29) is 11.7 Å². The molecule has 0 saturated carbocycles. The van der Waals surface area contributed by atoms with Gasteiger partial charge in [-0.2, -0.15) is 0 Å². The van der Waals surface area contributed by atoms with Gasteiger partial charge in [0.25, 0.3) is 0 Å². The number of thioether (sulfide) groups is 1. The van der Waals surface area contributed by atoms with Gasteiger partial charge < -0.3 is 5.32 Å². The summed E-state index contributed by atoms with van der Waals surface area (Å²) in [5.41, 5.74) is 2.56. The average Bonchev–Trinajstić information content (AvgIpc) is 2.69. The van der Waals surface area contributed by atoms with Crippen molar-refractivity contribution in [2.45, 2.75) is 44.3 Å². The second-order valence-corrected chi connectivity index (χ2v) is 8.14. The van der Waals surface area contributed by atoms with E-state index >= 15 is 0 Å². The maximum Gasteiger partial charge on any atom is 0.224 e. The van der Waals surface area contributed by atoms with E-state index in [1.54, 1.807) is 24.8 Å². The van der Waals surface area contributed by atoms with Crippen molar-refractivity contribution >= 4 is 23.4 Å². The van der Waals surface area contributed by atoms with Crippen LogP contribution in [0.25, 0.3) is 0 Å². The molecule has 1 atom stereocenters. The highest BCUT2D eigenvalue weighted by Gasteiger charge is 2.21. The van der Waals surface area contributed by atoms with E-state index in [1.165, 1.54) is 12.1 Å². The zero-order valence-corrected chi connectivity index (χ0v) is 17.3. The Balaban J connectivity index is 1.45. The van der Waals surface area contributed by atoms with Crippen LogP contribution < -0.4 is 5.32 Å². The second-order valence-electron chi connectivity index (χ2n) is 7.37. The molecule has 1 aromatic carbocycles. The SMILES string of the molecule is CSc1ncc(CN2CCC[C@H](CCC(=O)Nc3ccc(F)cc3C)C2)cn1. The summed E-state index contributed by atoms with van der Waals surface area (Å²) in [4.78, 5) is 23.4. The molecule has 2 heterocycles. The van der Waals surface area contributed by atoms with Crippen molar-refractivity contribution in [1.29, 1.82) is 0 Å². The van der Waals surface area contributed by atoms with Gasteiger partial charge in [0, 0.05) is 43.2 Å². The molecule has 1 amide bonds. The summed E-state index contributed by atoms with van der Waals surface area (Å²) in [6.07, 6.45) is 9.43. The Kier molecular flexibility index (Phi) is 7.39. The molecule has 0 bridgehead atoms. The fourth-order valence-electron chi connectivity index (χ4n) is 3.63. The van der Waals surface area contributed by atoms with Gasteiger partial charge in [-0.3, -0.25) is 9.69 Å². The van der Waals surface area contributed by atoms with Gasteiger partial charge in [-0.25, -0.2) is 14.4 Å². The summed E-state index contributed by atoms with van der Waals surface area (Å²) in [5, 5.41) is 3.70. The molecule has 1 aliphatic heterocycles. The Morgan fingerprint density at radius 3 is 2.86 bits per heavy atom. The molecule has 1 N–H and O–H groups in total. The van der Waals surface area contributed by atoms with Crippen molar-refractivity contribution in [2.24, 2.45) is 5.92 Å². The van der Waals surface area contributed by atoms with Crippen molar-refractivity contribution < 1.29 is 9.18 Å². The Bertz CT molecular complexity index is 799. The van der Waals surface area contributed by atoms with E-state index in [0.717, 1.165) is 55.2 Å². The number of hydrogen-bond donors (Lipinski definition) is 1. The number of hydrogen-bond acceptors (Lipinski definition) is 5. The van der Waals surface area contributed by atoms with Gasteiger partial charge in [0.15, 0.2) is 5.16 Å². The zero-order valence-electron chi connectivity index (χ0n) is 16.4. The van der Waals surface area contributed by atoms with Gasteiger partial charge in [0.1, 0.15) is 5.82 Å². The number of carbonyl (C=O) groups excluding carboxylic acids is 1. The van der Waals surface area contributed by atoms with Crippen LogP contribution in [-0.2, 0) is 11.3 Å². The van der Waals surface area contributed by atoms with E-state index in [9.17, 15) is 9.18 Å². The van der Waals surface area contributed by atoms with Crippen LogP contribution in [0, 0.1) is 18.7 Å². The fourth-order valence-corrected chi connectivity index (χ4v) is 3.95. The number of benzene rings is 1. The fraction of sp³-hybridized carbons (Fsp3) is 0.476. The Hall–Kier alpha value is -1.99. The highest BCUT2D eigenvalue weighted by Crippen LogP contribution is 2.23. The van der Waals surface area contributed by atoms with Crippen LogP contribution in [0.2, 0.25) is 0 Å². The number of amides is 1. The highest BCUT2D eigenvalue weighted by atomic mass is 32.2. The maximum atomic E-state index is 13.2. The van der Waals surface area contributed by atoms with Crippen LogP contribution in [0.5, 0.6) is 0 Å². The van der Waals surface area contributed by atoms with E-state index in [2.05, 4.69) is 20.2 Å². The Morgan fingerprint density at radius 2 is 2.14 bits per heavy atom.